The van der Waals surface area contributed by atoms with E-state index >= 15 is 0 Å². The van der Waals surface area contributed by atoms with Crippen molar-refractivity contribution in [2.24, 2.45) is 0 Å². The molecule has 4 heterocycles. The molecule has 0 unspecified atom stereocenters. The Morgan fingerprint density at radius 1 is 1.34 bits per heavy atom. The number of nitrogens with one attached hydrogen (secondary N) is 1. The first kappa shape index (κ1) is 25.4. The number of pyridine rings is 2. The molecule has 11 heteroatoms. The highest BCUT2D eigenvalue weighted by Crippen LogP contribution is 2.45. The van der Waals surface area contributed by atoms with Gasteiger partial charge in [-0.3, -0.25) is 9.59 Å². The summed E-state index contributed by atoms with van der Waals surface area (Å²) in [6.45, 7) is 3.27. The van der Waals surface area contributed by atoms with Crippen molar-refractivity contribution in [2.75, 3.05) is 11.2 Å². The van der Waals surface area contributed by atoms with E-state index in [0.29, 0.717) is 39.9 Å². The number of carbonyl (C=O) groups excluding carboxylic acids is 2. The van der Waals surface area contributed by atoms with Crippen LogP contribution in [0, 0.1) is 12.7 Å². The Labute approximate surface area is 230 Å². The molecule has 0 fully saturated rings. The van der Waals surface area contributed by atoms with Gasteiger partial charge in [0.05, 0.1) is 39.7 Å². The Bertz CT molecular complexity index is 1620. The molecule has 0 bridgehead atoms. The van der Waals surface area contributed by atoms with Gasteiger partial charge in [0, 0.05) is 22.6 Å². The minimum Gasteiger partial charge on any atom is -0.458 e. The number of benzene rings is 1. The van der Waals surface area contributed by atoms with Gasteiger partial charge in [-0.15, -0.1) is 0 Å². The number of amides is 1. The van der Waals surface area contributed by atoms with E-state index in [0.717, 1.165) is 22.1 Å². The molecule has 3 aliphatic rings. The lowest BCUT2D eigenvalue weighted by molar-refractivity contribution is -0.172. The first-order valence-corrected chi connectivity index (χ1v) is 14.0. The summed E-state index contributed by atoms with van der Waals surface area (Å²) in [6, 6.07) is 2.64. The van der Waals surface area contributed by atoms with E-state index in [2.05, 4.69) is 5.32 Å². The van der Waals surface area contributed by atoms with Crippen LogP contribution in [0.3, 0.4) is 0 Å². The summed E-state index contributed by atoms with van der Waals surface area (Å²) >= 11 is 2.03. The number of halogens is 2. The van der Waals surface area contributed by atoms with Gasteiger partial charge in [0.15, 0.2) is 5.60 Å². The van der Waals surface area contributed by atoms with E-state index in [1.54, 1.807) is 24.5 Å². The summed E-state index contributed by atoms with van der Waals surface area (Å²) in [6.07, 6.45) is 1.15. The molecular formula is C27H25FIN3O6. The zero-order valence-corrected chi connectivity index (χ0v) is 23.0. The van der Waals surface area contributed by atoms with E-state index in [1.165, 1.54) is 6.07 Å². The van der Waals surface area contributed by atoms with E-state index in [4.69, 9.17) is 14.5 Å². The summed E-state index contributed by atoms with van der Waals surface area (Å²) in [5.41, 5.74) is 2.45. The molecule has 6 rings (SSSR count). The maximum absolute atomic E-state index is 15.0. The number of hydrogen-bond donors (Lipinski definition) is 2. The Morgan fingerprint density at radius 3 is 2.87 bits per heavy atom. The van der Waals surface area contributed by atoms with E-state index in [9.17, 15) is 23.9 Å². The van der Waals surface area contributed by atoms with Crippen molar-refractivity contribution >= 4 is 45.4 Å². The molecule has 2 aromatic heterocycles. The van der Waals surface area contributed by atoms with Crippen LogP contribution in [0.15, 0.2) is 16.9 Å². The van der Waals surface area contributed by atoms with Gasteiger partial charge in [-0.25, -0.2) is 14.2 Å². The second kappa shape index (κ2) is 9.09. The Hall–Kier alpha value is -2.90. The predicted octanol–water partition coefficient (Wildman–Crippen LogP) is 3.04. The van der Waals surface area contributed by atoms with Crippen molar-refractivity contribution in [1.29, 1.82) is 0 Å². The SMILES string of the molecule is CC[C@@]1(O)C(=O)OCc2c1cc1n(c2=O)Cc2c-1nc1cc(F)c(C)c3c1c2[C@@H](NC(=O)COCI)CC3. The highest BCUT2D eigenvalue weighted by molar-refractivity contribution is 14.1. The van der Waals surface area contributed by atoms with Gasteiger partial charge in [0.2, 0.25) is 5.91 Å². The maximum Gasteiger partial charge on any atom is 0.343 e. The summed E-state index contributed by atoms with van der Waals surface area (Å²) in [4.78, 5) is 43.6. The summed E-state index contributed by atoms with van der Waals surface area (Å²) in [7, 11) is 0. The fourth-order valence-electron chi connectivity index (χ4n) is 6.07. The second-order valence-electron chi connectivity index (χ2n) is 9.93. The normalized spacial score (nSPS) is 21.1. The number of esters is 1. The summed E-state index contributed by atoms with van der Waals surface area (Å²) in [5, 5.41) is 15.0. The zero-order chi connectivity index (χ0) is 26.9. The first-order chi connectivity index (χ1) is 18.2. The molecule has 1 amide bonds. The summed E-state index contributed by atoms with van der Waals surface area (Å²) < 4.78 is 27.3. The highest BCUT2D eigenvalue weighted by atomic mass is 127. The number of hydrogen-bond acceptors (Lipinski definition) is 7. The monoisotopic (exact) mass is 633 g/mol. The van der Waals surface area contributed by atoms with Crippen LogP contribution in [0.1, 0.15) is 59.2 Å². The Morgan fingerprint density at radius 2 is 2.13 bits per heavy atom. The lowest BCUT2D eigenvalue weighted by Crippen LogP contribution is -2.44. The Balaban J connectivity index is 1.60. The third-order valence-electron chi connectivity index (χ3n) is 8.02. The second-order valence-corrected chi connectivity index (χ2v) is 10.6. The van der Waals surface area contributed by atoms with Gasteiger partial charge in [0.25, 0.3) is 5.56 Å². The fourth-order valence-corrected chi connectivity index (χ4v) is 6.29. The number of rotatable bonds is 5. The Kier molecular flexibility index (Phi) is 6.07. The molecular weight excluding hydrogens is 608 g/mol. The quantitative estimate of drug-likeness (QED) is 0.197. The smallest absolute Gasteiger partial charge is 0.343 e. The minimum absolute atomic E-state index is 0.0340. The van der Waals surface area contributed by atoms with Crippen LogP contribution in [-0.2, 0) is 44.2 Å². The van der Waals surface area contributed by atoms with Crippen molar-refractivity contribution < 1.29 is 28.6 Å². The molecule has 0 radical (unpaired) electrons. The van der Waals surface area contributed by atoms with Crippen LogP contribution in [0.2, 0.25) is 0 Å². The molecule has 198 valence electrons. The maximum atomic E-state index is 15.0. The van der Waals surface area contributed by atoms with E-state index in [-0.39, 0.29) is 60.6 Å². The number of cyclic esters (lactones) is 1. The number of carbonyl (C=O) groups is 2. The van der Waals surface area contributed by atoms with Crippen molar-refractivity contribution in [3.8, 4) is 11.4 Å². The number of nitrogens with zero attached hydrogens (tertiary/aromatic N) is 2. The molecule has 38 heavy (non-hydrogen) atoms. The standard InChI is InChI=1S/C27H25FIN3O6/c1-3-27(36)16-6-20-24-14(8-32(20)25(34)15(16)9-38-26(27)35)23-18(30-21(33)10-37-11-29)5-4-13-12(2)17(28)7-19(31-24)22(13)23/h6-7,18,36H,3-5,8-11H2,1-2H3,(H,30,33)/t18-,27-/m0/s1. The minimum atomic E-state index is -1.94. The zero-order valence-electron chi connectivity index (χ0n) is 20.8. The molecule has 2 atom stereocenters. The van der Waals surface area contributed by atoms with Crippen LogP contribution in [0.5, 0.6) is 0 Å². The molecule has 1 aromatic carbocycles. The number of ether oxygens (including phenoxy) is 2. The third kappa shape index (κ3) is 3.54. The van der Waals surface area contributed by atoms with Crippen molar-refractivity contribution in [2.45, 2.75) is 57.9 Å². The van der Waals surface area contributed by atoms with Gasteiger partial charge in [-0.1, -0.05) is 29.5 Å². The largest absolute Gasteiger partial charge is 0.458 e. The number of fused-ring (bicyclic) bond motifs is 5. The number of aliphatic hydroxyl groups is 1. The lowest BCUT2D eigenvalue weighted by Gasteiger charge is -2.31. The van der Waals surface area contributed by atoms with Crippen molar-refractivity contribution in [3.05, 3.63) is 61.7 Å². The highest BCUT2D eigenvalue weighted by Gasteiger charge is 2.46. The molecule has 9 nitrogen and oxygen atoms in total. The number of aromatic nitrogens is 2. The van der Waals surface area contributed by atoms with E-state index < -0.39 is 11.6 Å². The van der Waals surface area contributed by atoms with Gasteiger partial charge < -0.3 is 24.5 Å². The van der Waals surface area contributed by atoms with Crippen LogP contribution >= 0.6 is 22.6 Å². The molecule has 0 saturated heterocycles. The molecule has 2 aliphatic heterocycles. The average Bonchev–Trinajstić information content (AvgIpc) is 3.27. The van der Waals surface area contributed by atoms with Gasteiger partial charge in [-0.2, -0.15) is 0 Å². The van der Waals surface area contributed by atoms with Crippen LogP contribution in [0.4, 0.5) is 4.39 Å². The molecule has 0 saturated carbocycles. The molecule has 1 aliphatic carbocycles. The number of alkyl halides is 1. The fraction of sp³-hybridized carbons (Fsp3) is 0.407. The lowest BCUT2D eigenvalue weighted by atomic mass is 9.81. The predicted molar refractivity (Wildman–Crippen MR) is 143 cm³/mol. The van der Waals surface area contributed by atoms with Crippen LogP contribution in [0.25, 0.3) is 22.3 Å². The summed E-state index contributed by atoms with van der Waals surface area (Å²) in [5.74, 6) is -1.43. The van der Waals surface area contributed by atoms with Crippen LogP contribution in [-0.4, -0.2) is 37.8 Å². The third-order valence-corrected chi connectivity index (χ3v) is 8.46. The number of aryl methyl sites for hydroxylation is 1. The topological polar surface area (TPSA) is 120 Å². The van der Waals surface area contributed by atoms with E-state index in [1.807, 2.05) is 22.6 Å². The first-order valence-electron chi connectivity index (χ1n) is 12.4. The van der Waals surface area contributed by atoms with Crippen LogP contribution < -0.4 is 10.9 Å². The molecule has 2 N–H and O–H groups in total. The van der Waals surface area contributed by atoms with Crippen molar-refractivity contribution in [3.63, 3.8) is 0 Å². The van der Waals surface area contributed by atoms with Gasteiger partial charge >= 0.3 is 5.97 Å². The van der Waals surface area contributed by atoms with Gasteiger partial charge in [0.1, 0.15) is 19.0 Å². The van der Waals surface area contributed by atoms with Gasteiger partial charge in [-0.05, 0) is 48.9 Å². The average molecular weight is 633 g/mol. The van der Waals surface area contributed by atoms with Crippen molar-refractivity contribution in [1.82, 2.24) is 14.9 Å². The molecule has 3 aromatic rings. The molecule has 0 spiro atoms.